The van der Waals surface area contributed by atoms with E-state index in [1.165, 1.54) is 10.6 Å². The maximum absolute atomic E-state index is 11.3. The standard InChI is InChI=1S/C13H13N3O2/c1-16-8-10(4-7-12(16)17)9-2-5-11(6-3-9)15-13(14)18/h2-8H,1H3,(H3,14,15,18). The smallest absolute Gasteiger partial charge is 0.316 e. The average Bonchev–Trinajstić information content (AvgIpc) is 2.33. The van der Waals surface area contributed by atoms with Gasteiger partial charge in [0, 0.05) is 25.0 Å². The van der Waals surface area contributed by atoms with Crippen LogP contribution in [0.4, 0.5) is 10.5 Å². The number of nitrogens with two attached hydrogens (primary N) is 1. The summed E-state index contributed by atoms with van der Waals surface area (Å²) in [6, 6.07) is 9.90. The normalized spacial score (nSPS) is 10.1. The fraction of sp³-hybridized carbons (Fsp3) is 0.0769. The minimum Gasteiger partial charge on any atom is -0.351 e. The molecule has 92 valence electrons. The number of nitrogens with zero attached hydrogens (tertiary/aromatic N) is 1. The predicted octanol–water partition coefficient (Wildman–Crippen LogP) is 1.54. The van der Waals surface area contributed by atoms with E-state index >= 15 is 0 Å². The fourth-order valence-electron chi connectivity index (χ4n) is 1.65. The van der Waals surface area contributed by atoms with Gasteiger partial charge in [0.2, 0.25) is 5.56 Å². The first-order valence-electron chi connectivity index (χ1n) is 5.40. The first-order valence-corrected chi connectivity index (χ1v) is 5.40. The van der Waals surface area contributed by atoms with Crippen LogP contribution in [0.1, 0.15) is 0 Å². The summed E-state index contributed by atoms with van der Waals surface area (Å²) in [6.45, 7) is 0. The van der Waals surface area contributed by atoms with Crippen LogP contribution < -0.4 is 16.6 Å². The van der Waals surface area contributed by atoms with E-state index in [-0.39, 0.29) is 5.56 Å². The lowest BCUT2D eigenvalue weighted by Crippen LogP contribution is -2.19. The van der Waals surface area contributed by atoms with Crippen LogP contribution in [0.2, 0.25) is 0 Å². The second-order valence-electron chi connectivity index (χ2n) is 3.93. The summed E-state index contributed by atoms with van der Waals surface area (Å²) in [5.74, 6) is 0. The highest BCUT2D eigenvalue weighted by atomic mass is 16.2. The molecule has 1 aromatic heterocycles. The topological polar surface area (TPSA) is 77.1 Å². The third-order valence-electron chi connectivity index (χ3n) is 2.57. The van der Waals surface area contributed by atoms with Crippen LogP contribution >= 0.6 is 0 Å². The molecular weight excluding hydrogens is 230 g/mol. The van der Waals surface area contributed by atoms with Gasteiger partial charge in [-0.1, -0.05) is 12.1 Å². The van der Waals surface area contributed by atoms with Gasteiger partial charge in [-0.05, 0) is 29.3 Å². The van der Waals surface area contributed by atoms with Gasteiger partial charge in [0.1, 0.15) is 0 Å². The van der Waals surface area contributed by atoms with E-state index in [0.29, 0.717) is 5.69 Å². The number of hydrogen-bond donors (Lipinski definition) is 2. The van der Waals surface area contributed by atoms with Crippen molar-refractivity contribution in [3.8, 4) is 11.1 Å². The van der Waals surface area contributed by atoms with Crippen molar-refractivity contribution in [2.75, 3.05) is 5.32 Å². The van der Waals surface area contributed by atoms with Crippen molar-refractivity contribution in [2.24, 2.45) is 12.8 Å². The number of primary amides is 1. The van der Waals surface area contributed by atoms with E-state index in [0.717, 1.165) is 11.1 Å². The second kappa shape index (κ2) is 4.75. The van der Waals surface area contributed by atoms with Gasteiger partial charge >= 0.3 is 6.03 Å². The lowest BCUT2D eigenvalue weighted by Gasteiger charge is -2.06. The number of aromatic nitrogens is 1. The van der Waals surface area contributed by atoms with Crippen LogP contribution in [0.15, 0.2) is 47.4 Å². The van der Waals surface area contributed by atoms with Gasteiger partial charge in [-0.15, -0.1) is 0 Å². The van der Waals surface area contributed by atoms with Crippen LogP contribution in [0.25, 0.3) is 11.1 Å². The fourth-order valence-corrected chi connectivity index (χ4v) is 1.65. The monoisotopic (exact) mass is 243 g/mol. The molecule has 0 unspecified atom stereocenters. The Bertz CT molecular complexity index is 629. The van der Waals surface area contributed by atoms with Crippen molar-refractivity contribution in [1.82, 2.24) is 4.57 Å². The highest BCUT2D eigenvalue weighted by Crippen LogP contribution is 2.20. The summed E-state index contributed by atoms with van der Waals surface area (Å²) in [4.78, 5) is 22.0. The zero-order chi connectivity index (χ0) is 13.1. The molecule has 0 radical (unpaired) electrons. The van der Waals surface area contributed by atoms with Crippen LogP contribution in [-0.2, 0) is 7.05 Å². The molecule has 1 heterocycles. The number of carbonyl (C=O) groups excluding carboxylic acids is 1. The largest absolute Gasteiger partial charge is 0.351 e. The quantitative estimate of drug-likeness (QED) is 0.839. The van der Waals surface area contributed by atoms with Crippen molar-refractivity contribution < 1.29 is 4.79 Å². The summed E-state index contributed by atoms with van der Waals surface area (Å²) in [7, 11) is 1.70. The molecule has 2 amide bonds. The molecule has 0 bridgehead atoms. The molecule has 18 heavy (non-hydrogen) atoms. The second-order valence-corrected chi connectivity index (χ2v) is 3.93. The molecule has 0 spiro atoms. The van der Waals surface area contributed by atoms with Crippen molar-refractivity contribution >= 4 is 11.7 Å². The molecule has 0 aliphatic carbocycles. The Kier molecular flexibility index (Phi) is 3.14. The maximum Gasteiger partial charge on any atom is 0.316 e. The number of carbonyl (C=O) groups is 1. The zero-order valence-electron chi connectivity index (χ0n) is 9.88. The van der Waals surface area contributed by atoms with E-state index in [1.807, 2.05) is 12.1 Å². The first kappa shape index (κ1) is 11.9. The number of hydrogen-bond acceptors (Lipinski definition) is 2. The number of amides is 2. The minimum atomic E-state index is -0.593. The molecule has 0 fully saturated rings. The van der Waals surface area contributed by atoms with E-state index in [2.05, 4.69) is 5.32 Å². The Balaban J connectivity index is 2.31. The zero-order valence-corrected chi connectivity index (χ0v) is 9.88. The minimum absolute atomic E-state index is 0.0502. The molecule has 2 aromatic rings. The molecule has 2 rings (SSSR count). The van der Waals surface area contributed by atoms with E-state index in [9.17, 15) is 9.59 Å². The molecular formula is C13H13N3O2. The maximum atomic E-state index is 11.3. The van der Waals surface area contributed by atoms with Crippen LogP contribution in [0.3, 0.4) is 0 Å². The number of pyridine rings is 1. The van der Waals surface area contributed by atoms with Crippen molar-refractivity contribution in [3.05, 3.63) is 52.9 Å². The molecule has 0 atom stereocenters. The third kappa shape index (κ3) is 2.57. The highest BCUT2D eigenvalue weighted by molar-refractivity contribution is 5.88. The molecule has 5 nitrogen and oxygen atoms in total. The average molecular weight is 243 g/mol. The van der Waals surface area contributed by atoms with Crippen molar-refractivity contribution in [3.63, 3.8) is 0 Å². The van der Waals surface area contributed by atoms with Gasteiger partial charge in [-0.2, -0.15) is 0 Å². The van der Waals surface area contributed by atoms with Crippen molar-refractivity contribution in [2.45, 2.75) is 0 Å². The van der Waals surface area contributed by atoms with Gasteiger partial charge in [-0.3, -0.25) is 4.79 Å². The molecule has 5 heteroatoms. The Morgan fingerprint density at radius 2 is 1.72 bits per heavy atom. The molecule has 1 aromatic carbocycles. The number of anilines is 1. The highest BCUT2D eigenvalue weighted by Gasteiger charge is 2.00. The van der Waals surface area contributed by atoms with Crippen LogP contribution in [-0.4, -0.2) is 10.6 Å². The molecule has 0 aliphatic heterocycles. The summed E-state index contributed by atoms with van der Waals surface area (Å²) >= 11 is 0. The lowest BCUT2D eigenvalue weighted by molar-refractivity contribution is 0.259. The summed E-state index contributed by atoms with van der Waals surface area (Å²) in [5, 5.41) is 2.49. The molecule has 0 saturated carbocycles. The van der Waals surface area contributed by atoms with Gasteiger partial charge in [0.15, 0.2) is 0 Å². The van der Waals surface area contributed by atoms with Gasteiger partial charge in [-0.25, -0.2) is 4.79 Å². The SMILES string of the molecule is Cn1cc(-c2ccc(NC(N)=O)cc2)ccc1=O. The van der Waals surface area contributed by atoms with Crippen LogP contribution in [0, 0.1) is 0 Å². The van der Waals surface area contributed by atoms with E-state index in [4.69, 9.17) is 5.73 Å². The summed E-state index contributed by atoms with van der Waals surface area (Å²) in [5.41, 5.74) is 7.50. The van der Waals surface area contributed by atoms with Crippen LogP contribution in [0.5, 0.6) is 0 Å². The lowest BCUT2D eigenvalue weighted by atomic mass is 10.1. The number of benzene rings is 1. The van der Waals surface area contributed by atoms with Crippen molar-refractivity contribution in [1.29, 1.82) is 0 Å². The number of nitrogens with one attached hydrogen (secondary N) is 1. The number of rotatable bonds is 2. The predicted molar refractivity (Wildman–Crippen MR) is 70.3 cm³/mol. The Morgan fingerprint density at radius 3 is 2.28 bits per heavy atom. The van der Waals surface area contributed by atoms with Gasteiger partial charge < -0.3 is 15.6 Å². The summed E-state index contributed by atoms with van der Waals surface area (Å²) < 4.78 is 1.52. The third-order valence-corrected chi connectivity index (χ3v) is 2.57. The summed E-state index contributed by atoms with van der Waals surface area (Å²) in [6.07, 6.45) is 1.76. The number of urea groups is 1. The Hall–Kier alpha value is -2.56. The molecule has 0 saturated heterocycles. The van der Waals surface area contributed by atoms with Gasteiger partial charge in [0.05, 0.1) is 0 Å². The Morgan fingerprint density at radius 1 is 1.11 bits per heavy atom. The first-order chi connectivity index (χ1) is 8.56. The molecule has 3 N–H and O–H groups in total. The van der Waals surface area contributed by atoms with E-state index in [1.54, 1.807) is 31.4 Å². The number of aryl methyl sites for hydroxylation is 1. The van der Waals surface area contributed by atoms with Gasteiger partial charge in [0.25, 0.3) is 0 Å². The molecule has 0 aliphatic rings. The van der Waals surface area contributed by atoms with E-state index < -0.39 is 6.03 Å². The Labute approximate surface area is 104 Å².